The third kappa shape index (κ3) is 6.26. The van der Waals surface area contributed by atoms with Gasteiger partial charge in [0.05, 0.1) is 25.8 Å². The number of piperidine rings is 1. The van der Waals surface area contributed by atoms with Gasteiger partial charge in [0.2, 0.25) is 11.8 Å². The number of esters is 1. The summed E-state index contributed by atoms with van der Waals surface area (Å²) in [4.78, 5) is 38.2. The van der Waals surface area contributed by atoms with Crippen LogP contribution in [-0.2, 0) is 19.7 Å². The van der Waals surface area contributed by atoms with Crippen molar-refractivity contribution in [3.05, 3.63) is 116 Å². The number of ether oxygens (including phenoxy) is 3. The zero-order chi connectivity index (χ0) is 31.4. The third-order valence-electron chi connectivity index (χ3n) is 7.48. The topological polar surface area (TPSA) is 103 Å². The first kappa shape index (κ1) is 31.4. The molecule has 2 aliphatic rings. The van der Waals surface area contributed by atoms with Crippen molar-refractivity contribution in [1.82, 2.24) is 5.32 Å². The van der Waals surface area contributed by atoms with Gasteiger partial charge < -0.3 is 24.8 Å². The molecule has 0 aromatic heterocycles. The minimum Gasteiger partial charge on any atom is -0.493 e. The van der Waals surface area contributed by atoms with Gasteiger partial charge in [0.25, 0.3) is 0 Å². The summed E-state index contributed by atoms with van der Waals surface area (Å²) in [7, 11) is 2.76. The molecule has 0 radical (unpaired) electrons. The second-order valence-corrected chi connectivity index (χ2v) is 11.8. The Hall–Kier alpha value is -4.05. The van der Waals surface area contributed by atoms with E-state index < -0.39 is 17.4 Å². The van der Waals surface area contributed by atoms with E-state index in [-0.39, 0.29) is 18.2 Å². The summed E-state index contributed by atoms with van der Waals surface area (Å²) >= 11 is 15.2. The summed E-state index contributed by atoms with van der Waals surface area (Å²) in [5, 5.41) is 7.28. The number of rotatable bonds is 5. The molecule has 6 rings (SSSR count). The number of halogens is 3. The van der Waals surface area contributed by atoms with E-state index in [1.165, 1.54) is 20.3 Å². The molecule has 0 aliphatic carbocycles. The smallest absolute Gasteiger partial charge is 0.337 e. The van der Waals surface area contributed by atoms with Gasteiger partial charge in [0.1, 0.15) is 11.2 Å². The summed E-state index contributed by atoms with van der Waals surface area (Å²) in [6, 6.07) is 24.0. The average molecular weight is 698 g/mol. The molecule has 1 fully saturated rings. The molecule has 2 aliphatic heterocycles. The summed E-state index contributed by atoms with van der Waals surface area (Å²) in [6.07, 6.45) is 0.506. The first-order valence-electron chi connectivity index (χ1n) is 13.5. The summed E-state index contributed by atoms with van der Waals surface area (Å²) in [5.74, 6) is 0.175. The lowest BCUT2D eigenvalue weighted by Gasteiger charge is -2.40. The van der Waals surface area contributed by atoms with Crippen LogP contribution in [-0.4, -0.2) is 32.0 Å². The zero-order valence-corrected chi connectivity index (χ0v) is 26.8. The van der Waals surface area contributed by atoms with Gasteiger partial charge in [-0.2, -0.15) is 0 Å². The molecule has 0 bridgehead atoms. The van der Waals surface area contributed by atoms with Crippen molar-refractivity contribution in [3.8, 4) is 17.2 Å². The predicted molar refractivity (Wildman–Crippen MR) is 172 cm³/mol. The number of benzene rings is 4. The molecule has 2 atom stereocenters. The van der Waals surface area contributed by atoms with Crippen LogP contribution < -0.4 is 20.1 Å². The average Bonchev–Trinajstić information content (AvgIpc) is 3.29. The highest BCUT2D eigenvalue weighted by Crippen LogP contribution is 2.53. The van der Waals surface area contributed by atoms with E-state index in [0.717, 1.165) is 15.1 Å². The molecule has 4 aromatic rings. The molecule has 0 saturated carbocycles. The van der Waals surface area contributed by atoms with Gasteiger partial charge in [-0.15, -0.1) is 0 Å². The Balaban J connectivity index is 0.000000484. The number of carbonyl (C=O) groups excluding carboxylic acids is 3. The van der Waals surface area contributed by atoms with Gasteiger partial charge in [-0.05, 0) is 72.6 Å². The van der Waals surface area contributed by atoms with E-state index in [0.29, 0.717) is 45.5 Å². The van der Waals surface area contributed by atoms with Gasteiger partial charge in [0.15, 0.2) is 11.5 Å². The van der Waals surface area contributed by atoms with Crippen LogP contribution in [0.4, 0.5) is 5.69 Å². The monoisotopic (exact) mass is 696 g/mol. The fourth-order valence-electron chi connectivity index (χ4n) is 5.42. The number of hydrogen-bond acceptors (Lipinski definition) is 6. The van der Waals surface area contributed by atoms with E-state index in [4.69, 9.17) is 37.4 Å². The van der Waals surface area contributed by atoms with Crippen molar-refractivity contribution in [2.75, 3.05) is 19.5 Å². The van der Waals surface area contributed by atoms with Gasteiger partial charge in [-0.1, -0.05) is 63.4 Å². The number of fused-ring (bicyclic) bond motifs is 2. The third-order valence-corrected chi connectivity index (χ3v) is 8.46. The highest BCUT2D eigenvalue weighted by Gasteiger charge is 2.56. The van der Waals surface area contributed by atoms with Crippen LogP contribution in [0.1, 0.15) is 40.4 Å². The Labute approximate surface area is 272 Å². The molecular formula is C33H27BrCl2N2O6. The van der Waals surface area contributed by atoms with Crippen LogP contribution in [0.25, 0.3) is 0 Å². The Morgan fingerprint density at radius 2 is 1.64 bits per heavy atom. The molecule has 1 spiro atoms. The largest absolute Gasteiger partial charge is 0.493 e. The fraction of sp³-hybridized carbons (Fsp3) is 0.182. The lowest BCUT2D eigenvalue weighted by atomic mass is 9.67. The zero-order valence-electron chi connectivity index (χ0n) is 23.7. The molecule has 2 heterocycles. The fourth-order valence-corrected chi connectivity index (χ4v) is 6.12. The van der Waals surface area contributed by atoms with Crippen LogP contribution in [0.5, 0.6) is 17.2 Å². The number of carbonyl (C=O) groups is 3. The number of amides is 2. The molecule has 0 unspecified atom stereocenters. The summed E-state index contributed by atoms with van der Waals surface area (Å²) in [5.41, 5.74) is 1.22. The first-order chi connectivity index (χ1) is 21.2. The SMILES string of the molecule is COC(=O)c1ccc(Oc2ccc(Br)cc2[C@H]2NC(=O)CC[C@]23C(=O)Nc2cc(Cl)ccc23)c(OC)c1.Clc1ccccc1. The maximum atomic E-state index is 13.6. The summed E-state index contributed by atoms with van der Waals surface area (Å²) in [6.45, 7) is 0. The van der Waals surface area contributed by atoms with Crippen molar-refractivity contribution in [2.24, 2.45) is 0 Å². The van der Waals surface area contributed by atoms with E-state index >= 15 is 0 Å². The molecule has 1 saturated heterocycles. The molecule has 44 heavy (non-hydrogen) atoms. The molecule has 11 heteroatoms. The molecule has 8 nitrogen and oxygen atoms in total. The molecular weight excluding hydrogens is 671 g/mol. The van der Waals surface area contributed by atoms with Crippen LogP contribution >= 0.6 is 39.1 Å². The van der Waals surface area contributed by atoms with Crippen molar-refractivity contribution < 1.29 is 28.6 Å². The molecule has 2 amide bonds. The van der Waals surface area contributed by atoms with E-state index in [1.807, 2.05) is 42.5 Å². The van der Waals surface area contributed by atoms with Crippen molar-refractivity contribution in [2.45, 2.75) is 24.3 Å². The van der Waals surface area contributed by atoms with Gasteiger partial charge in [-0.25, -0.2) is 4.79 Å². The Morgan fingerprint density at radius 1 is 0.886 bits per heavy atom. The minimum absolute atomic E-state index is 0.170. The summed E-state index contributed by atoms with van der Waals surface area (Å²) < 4.78 is 17.3. The highest BCUT2D eigenvalue weighted by molar-refractivity contribution is 9.10. The van der Waals surface area contributed by atoms with Crippen molar-refractivity contribution in [3.63, 3.8) is 0 Å². The maximum Gasteiger partial charge on any atom is 0.337 e. The standard InChI is InChI=1S/C27H22BrClN2O6.C6H5Cl/c1-35-22-11-14(25(33)36-2)3-7-21(22)37-20-8-4-15(28)12-17(20)24-27(10-9-23(32)31-24)18-6-5-16(29)13-19(18)30-26(27)34;7-6-4-2-1-3-5-6/h3-8,11-13,24H,9-10H2,1-2H3,(H,30,34)(H,31,32);1-5H/t24-,27-;/m1./s1. The number of anilines is 1. The highest BCUT2D eigenvalue weighted by atomic mass is 79.9. The second kappa shape index (κ2) is 13.3. The van der Waals surface area contributed by atoms with Gasteiger partial charge >= 0.3 is 5.97 Å². The van der Waals surface area contributed by atoms with Crippen molar-refractivity contribution in [1.29, 1.82) is 0 Å². The Morgan fingerprint density at radius 3 is 2.32 bits per heavy atom. The quantitative estimate of drug-likeness (QED) is 0.206. The predicted octanol–water partition coefficient (Wildman–Crippen LogP) is 7.87. The van der Waals surface area contributed by atoms with Crippen LogP contribution in [0.15, 0.2) is 89.4 Å². The molecule has 4 aromatic carbocycles. The number of methoxy groups -OCH3 is 2. The van der Waals surface area contributed by atoms with Gasteiger partial charge in [0, 0.05) is 32.2 Å². The van der Waals surface area contributed by atoms with E-state index in [9.17, 15) is 14.4 Å². The molecule has 226 valence electrons. The number of hydrogen-bond donors (Lipinski definition) is 2. The van der Waals surface area contributed by atoms with Crippen molar-refractivity contribution >= 4 is 62.6 Å². The normalized spacial score (nSPS) is 18.3. The van der Waals surface area contributed by atoms with E-state index in [2.05, 4.69) is 26.6 Å². The van der Waals surface area contributed by atoms with Crippen LogP contribution in [0, 0.1) is 0 Å². The van der Waals surface area contributed by atoms with Gasteiger partial charge in [-0.3, -0.25) is 9.59 Å². The lowest BCUT2D eigenvalue weighted by molar-refractivity contribution is -0.130. The van der Waals surface area contributed by atoms with E-state index in [1.54, 1.807) is 36.4 Å². The lowest BCUT2D eigenvalue weighted by Crippen LogP contribution is -2.52. The van der Waals surface area contributed by atoms with Crippen LogP contribution in [0.3, 0.4) is 0 Å². The maximum absolute atomic E-state index is 13.6. The Bertz CT molecular complexity index is 1740. The minimum atomic E-state index is -1.06. The second-order valence-electron chi connectivity index (χ2n) is 10.1. The number of nitrogens with one attached hydrogen (secondary N) is 2. The van der Waals surface area contributed by atoms with Crippen LogP contribution in [0.2, 0.25) is 10.0 Å². The first-order valence-corrected chi connectivity index (χ1v) is 15.1. The molecule has 2 N–H and O–H groups in total. The Kier molecular flexibility index (Phi) is 9.48.